The van der Waals surface area contributed by atoms with Crippen molar-refractivity contribution >= 4 is 17.5 Å². The monoisotopic (exact) mass is 424 g/mol. The van der Waals surface area contributed by atoms with Crippen molar-refractivity contribution < 1.29 is 9.32 Å². The Bertz CT molecular complexity index is 994. The van der Waals surface area contributed by atoms with Crippen LogP contribution in [0.4, 0.5) is 0 Å². The Labute approximate surface area is 181 Å². The van der Waals surface area contributed by atoms with E-state index < -0.39 is 0 Å². The Morgan fingerprint density at radius 3 is 2.63 bits per heavy atom. The lowest BCUT2D eigenvalue weighted by atomic mass is 9.99. The molecule has 0 radical (unpaired) electrons. The van der Waals surface area contributed by atoms with Crippen LogP contribution in [0.3, 0.4) is 0 Å². The lowest BCUT2D eigenvalue weighted by Crippen LogP contribution is -2.32. The molecule has 1 saturated heterocycles. The normalized spacial score (nSPS) is 15.3. The van der Waals surface area contributed by atoms with Gasteiger partial charge in [0.05, 0.1) is 11.6 Å². The summed E-state index contributed by atoms with van der Waals surface area (Å²) in [5.41, 5.74) is 2.53. The first-order chi connectivity index (χ1) is 14.6. The maximum Gasteiger partial charge on any atom is 0.251 e. The van der Waals surface area contributed by atoms with Crippen molar-refractivity contribution in [2.24, 2.45) is 5.92 Å². The second-order valence-corrected chi connectivity index (χ2v) is 8.24. The van der Waals surface area contributed by atoms with Gasteiger partial charge >= 0.3 is 0 Å². The summed E-state index contributed by atoms with van der Waals surface area (Å²) in [6.07, 6.45) is 2.52. The minimum absolute atomic E-state index is 0.157. The van der Waals surface area contributed by atoms with Crippen molar-refractivity contribution in [1.29, 1.82) is 0 Å². The molecule has 1 aliphatic rings. The van der Waals surface area contributed by atoms with Crippen LogP contribution in [0, 0.1) is 5.92 Å². The molecule has 6 nitrogen and oxygen atoms in total. The van der Waals surface area contributed by atoms with Crippen LogP contribution in [0.2, 0.25) is 5.02 Å². The molecule has 1 aromatic heterocycles. The van der Waals surface area contributed by atoms with Gasteiger partial charge in [-0.1, -0.05) is 47.9 Å². The van der Waals surface area contributed by atoms with Crippen molar-refractivity contribution in [3.05, 3.63) is 70.6 Å². The van der Waals surface area contributed by atoms with Gasteiger partial charge in [0.1, 0.15) is 0 Å². The van der Waals surface area contributed by atoms with Crippen molar-refractivity contribution in [3.63, 3.8) is 0 Å². The molecule has 0 aliphatic carbocycles. The summed E-state index contributed by atoms with van der Waals surface area (Å²) in [5.74, 6) is 1.38. The highest BCUT2D eigenvalue weighted by Gasteiger charge is 2.16. The van der Waals surface area contributed by atoms with Gasteiger partial charge in [0.25, 0.3) is 5.91 Å². The van der Waals surface area contributed by atoms with Crippen molar-refractivity contribution in [3.8, 4) is 11.4 Å². The van der Waals surface area contributed by atoms with Gasteiger partial charge < -0.3 is 9.84 Å². The average molecular weight is 425 g/mol. The topological polar surface area (TPSA) is 71.3 Å². The molecule has 2 heterocycles. The van der Waals surface area contributed by atoms with Gasteiger partial charge in [-0.05, 0) is 61.7 Å². The van der Waals surface area contributed by atoms with E-state index in [-0.39, 0.29) is 12.5 Å². The Kier molecular flexibility index (Phi) is 6.45. The van der Waals surface area contributed by atoms with E-state index in [1.54, 1.807) is 6.07 Å². The Morgan fingerprint density at radius 1 is 1.17 bits per heavy atom. The number of halogens is 1. The van der Waals surface area contributed by atoms with Crippen LogP contribution in [-0.4, -0.2) is 34.0 Å². The van der Waals surface area contributed by atoms with E-state index in [4.69, 9.17) is 16.1 Å². The largest absolute Gasteiger partial charge is 0.343 e. The number of nitrogens with zero attached hydrogens (tertiary/aromatic N) is 3. The third kappa shape index (κ3) is 5.07. The number of nitrogens with one attached hydrogen (secondary N) is 1. The summed E-state index contributed by atoms with van der Waals surface area (Å²) < 4.78 is 5.23. The lowest BCUT2D eigenvalue weighted by molar-refractivity contribution is 0.0946. The van der Waals surface area contributed by atoms with Gasteiger partial charge in [0.15, 0.2) is 0 Å². The molecule has 4 rings (SSSR count). The van der Waals surface area contributed by atoms with Crippen molar-refractivity contribution in [2.45, 2.75) is 32.9 Å². The maximum atomic E-state index is 12.5. The van der Waals surface area contributed by atoms with E-state index in [2.05, 4.69) is 27.3 Å². The van der Waals surface area contributed by atoms with E-state index in [1.165, 1.54) is 18.4 Å². The highest BCUT2D eigenvalue weighted by Crippen LogP contribution is 2.24. The van der Waals surface area contributed by atoms with Gasteiger partial charge in [0.2, 0.25) is 11.7 Å². The van der Waals surface area contributed by atoms with Crippen LogP contribution < -0.4 is 5.32 Å². The predicted molar refractivity (Wildman–Crippen MR) is 116 cm³/mol. The summed E-state index contributed by atoms with van der Waals surface area (Å²) in [6.45, 7) is 5.69. The second kappa shape index (κ2) is 9.41. The number of piperidine rings is 1. The number of carbonyl (C=O) groups excluding carboxylic acids is 1. The number of carbonyl (C=O) groups is 1. The molecule has 1 fully saturated rings. The average Bonchev–Trinajstić information content (AvgIpc) is 3.23. The molecular formula is C23H25ClN4O2. The smallest absolute Gasteiger partial charge is 0.251 e. The van der Waals surface area contributed by atoms with E-state index in [0.717, 1.165) is 25.6 Å². The molecule has 156 valence electrons. The fourth-order valence-corrected chi connectivity index (χ4v) is 3.80. The maximum absolute atomic E-state index is 12.5. The first kappa shape index (κ1) is 20.6. The molecule has 0 bridgehead atoms. The third-order valence-corrected chi connectivity index (χ3v) is 5.81. The summed E-state index contributed by atoms with van der Waals surface area (Å²) in [5, 5.41) is 7.31. The number of amides is 1. The molecular weight excluding hydrogens is 400 g/mol. The Morgan fingerprint density at radius 2 is 1.90 bits per heavy atom. The highest BCUT2D eigenvalue weighted by atomic mass is 35.5. The zero-order chi connectivity index (χ0) is 20.9. The molecule has 2 aromatic carbocycles. The van der Waals surface area contributed by atoms with Gasteiger partial charge in [-0.3, -0.25) is 9.69 Å². The lowest BCUT2D eigenvalue weighted by Gasteiger charge is -2.30. The summed E-state index contributed by atoms with van der Waals surface area (Å²) >= 11 is 6.16. The fraction of sp³-hybridized carbons (Fsp3) is 0.348. The number of benzene rings is 2. The molecule has 3 aromatic rings. The van der Waals surface area contributed by atoms with Crippen LogP contribution in [0.25, 0.3) is 11.4 Å². The number of hydrogen-bond donors (Lipinski definition) is 1. The van der Waals surface area contributed by atoms with Crippen LogP contribution >= 0.6 is 11.6 Å². The Hall–Kier alpha value is -2.70. The van der Waals surface area contributed by atoms with E-state index in [0.29, 0.717) is 27.9 Å². The summed E-state index contributed by atoms with van der Waals surface area (Å²) in [6, 6.07) is 15.1. The predicted octanol–water partition coefficient (Wildman–Crippen LogP) is 4.55. The molecule has 7 heteroatoms. The summed E-state index contributed by atoms with van der Waals surface area (Å²) in [4.78, 5) is 19.2. The molecule has 0 saturated carbocycles. The molecule has 0 unspecified atom stereocenters. The zero-order valence-corrected chi connectivity index (χ0v) is 17.7. The minimum atomic E-state index is -0.175. The second-order valence-electron chi connectivity index (χ2n) is 7.83. The minimum Gasteiger partial charge on any atom is -0.343 e. The molecule has 30 heavy (non-hydrogen) atoms. The van der Waals surface area contributed by atoms with Crippen LogP contribution in [0.1, 0.15) is 41.6 Å². The number of hydrogen-bond acceptors (Lipinski definition) is 5. The fourth-order valence-electron chi connectivity index (χ4n) is 3.58. The quantitative estimate of drug-likeness (QED) is 0.628. The van der Waals surface area contributed by atoms with E-state index in [1.807, 2.05) is 42.5 Å². The SMILES string of the molecule is CC1CCN(Cc2ccc(C(=O)NCc3nc(-c4ccccc4Cl)no3)cc2)CC1. The number of rotatable bonds is 6. The standard InChI is InChI=1S/C23H25ClN4O2/c1-16-10-12-28(13-11-16)15-17-6-8-18(9-7-17)23(29)25-14-21-26-22(27-30-21)19-4-2-3-5-20(19)24/h2-9,16H,10-15H2,1H3,(H,25,29). The zero-order valence-electron chi connectivity index (χ0n) is 17.0. The molecule has 0 spiro atoms. The molecule has 1 amide bonds. The number of aromatic nitrogens is 2. The van der Waals surface area contributed by atoms with Crippen LogP contribution in [-0.2, 0) is 13.1 Å². The van der Waals surface area contributed by atoms with E-state index in [9.17, 15) is 4.79 Å². The first-order valence-electron chi connectivity index (χ1n) is 10.3. The number of likely N-dealkylation sites (tertiary alicyclic amines) is 1. The molecule has 1 aliphatic heterocycles. The third-order valence-electron chi connectivity index (χ3n) is 5.48. The van der Waals surface area contributed by atoms with Gasteiger partial charge in [-0.2, -0.15) is 4.98 Å². The van der Waals surface area contributed by atoms with Gasteiger partial charge in [0, 0.05) is 17.7 Å². The van der Waals surface area contributed by atoms with Crippen molar-refractivity contribution in [2.75, 3.05) is 13.1 Å². The molecule has 1 N–H and O–H groups in total. The highest BCUT2D eigenvalue weighted by molar-refractivity contribution is 6.33. The van der Waals surface area contributed by atoms with Crippen LogP contribution in [0.5, 0.6) is 0 Å². The molecule has 0 atom stereocenters. The summed E-state index contributed by atoms with van der Waals surface area (Å²) in [7, 11) is 0. The first-order valence-corrected chi connectivity index (χ1v) is 10.6. The van der Waals surface area contributed by atoms with Gasteiger partial charge in [-0.15, -0.1) is 0 Å². The van der Waals surface area contributed by atoms with Crippen molar-refractivity contribution in [1.82, 2.24) is 20.4 Å². The van der Waals surface area contributed by atoms with E-state index >= 15 is 0 Å². The van der Waals surface area contributed by atoms with Crippen LogP contribution in [0.15, 0.2) is 53.1 Å². The van der Waals surface area contributed by atoms with Gasteiger partial charge in [-0.25, -0.2) is 0 Å². The Balaban J connectivity index is 1.31.